The summed E-state index contributed by atoms with van der Waals surface area (Å²) in [5.41, 5.74) is 1.17. The number of alkyl halides is 1. The Labute approximate surface area is 128 Å². The molecule has 0 aliphatic heterocycles. The van der Waals surface area contributed by atoms with Gasteiger partial charge in [-0.25, -0.2) is 8.78 Å². The smallest absolute Gasteiger partial charge is 0.163 e. The molecule has 0 aliphatic carbocycles. The first kappa shape index (κ1) is 14.8. The van der Waals surface area contributed by atoms with Crippen molar-refractivity contribution in [1.82, 2.24) is 0 Å². The molecule has 0 nitrogen and oxygen atoms in total. The summed E-state index contributed by atoms with van der Waals surface area (Å²) in [5, 5.41) is 0.909. The van der Waals surface area contributed by atoms with Gasteiger partial charge in [0.15, 0.2) is 11.6 Å². The van der Waals surface area contributed by atoms with Crippen LogP contribution >= 0.6 is 39.1 Å². The van der Waals surface area contributed by atoms with Gasteiger partial charge in [0.05, 0.1) is 10.0 Å². The van der Waals surface area contributed by atoms with E-state index in [0.29, 0.717) is 16.5 Å². The van der Waals surface area contributed by atoms with Crippen molar-refractivity contribution >= 4 is 39.1 Å². The minimum atomic E-state index is -0.851. The molecule has 0 saturated carbocycles. The van der Waals surface area contributed by atoms with Crippen molar-refractivity contribution in [2.75, 3.05) is 0 Å². The molecule has 0 N–H and O–H groups in total. The summed E-state index contributed by atoms with van der Waals surface area (Å²) >= 11 is 15.1. The number of benzene rings is 2. The Kier molecular flexibility index (Phi) is 4.82. The van der Waals surface area contributed by atoms with Gasteiger partial charge in [-0.05, 0) is 30.2 Å². The van der Waals surface area contributed by atoms with Crippen LogP contribution in [0.5, 0.6) is 0 Å². The first-order valence-corrected chi connectivity index (χ1v) is 7.18. The zero-order chi connectivity index (χ0) is 14.0. The fourth-order valence-electron chi connectivity index (χ4n) is 1.75. The quantitative estimate of drug-likeness (QED) is 0.589. The van der Waals surface area contributed by atoms with E-state index in [0.717, 1.165) is 11.6 Å². The van der Waals surface area contributed by atoms with Crippen LogP contribution in [0.25, 0.3) is 0 Å². The number of halogens is 5. The molecule has 0 bridgehead atoms. The summed E-state index contributed by atoms with van der Waals surface area (Å²) in [7, 11) is 0. The highest BCUT2D eigenvalue weighted by Crippen LogP contribution is 2.31. The highest BCUT2D eigenvalue weighted by molar-refractivity contribution is 9.09. The normalized spacial score (nSPS) is 12.5. The van der Waals surface area contributed by atoms with E-state index >= 15 is 0 Å². The second kappa shape index (κ2) is 6.21. The topological polar surface area (TPSA) is 0 Å². The highest BCUT2D eigenvalue weighted by Gasteiger charge is 2.16. The molecule has 0 radical (unpaired) electrons. The summed E-state index contributed by atoms with van der Waals surface area (Å²) in [6, 6.07) is 9.33. The monoisotopic (exact) mass is 364 g/mol. The molecular weight excluding hydrogens is 357 g/mol. The zero-order valence-electron chi connectivity index (χ0n) is 9.64. The van der Waals surface area contributed by atoms with Crippen LogP contribution in [-0.2, 0) is 6.42 Å². The van der Waals surface area contributed by atoms with Crippen LogP contribution in [-0.4, -0.2) is 0 Å². The minimum absolute atomic E-state index is 0.283. The zero-order valence-corrected chi connectivity index (χ0v) is 12.7. The van der Waals surface area contributed by atoms with Crippen LogP contribution in [0.2, 0.25) is 10.0 Å². The predicted molar refractivity (Wildman–Crippen MR) is 78.2 cm³/mol. The maximum Gasteiger partial charge on any atom is 0.163 e. The Balaban J connectivity index is 2.23. The van der Waals surface area contributed by atoms with Crippen molar-refractivity contribution in [3.05, 3.63) is 69.2 Å². The van der Waals surface area contributed by atoms with Crippen molar-refractivity contribution in [2.45, 2.75) is 11.2 Å². The van der Waals surface area contributed by atoms with E-state index in [4.69, 9.17) is 23.2 Å². The van der Waals surface area contributed by atoms with Gasteiger partial charge in [0.2, 0.25) is 0 Å². The van der Waals surface area contributed by atoms with Crippen molar-refractivity contribution in [1.29, 1.82) is 0 Å². The van der Waals surface area contributed by atoms with Gasteiger partial charge in [0, 0.05) is 10.4 Å². The molecule has 19 heavy (non-hydrogen) atoms. The van der Waals surface area contributed by atoms with Crippen molar-refractivity contribution in [3.63, 3.8) is 0 Å². The fraction of sp³-hybridized carbons (Fsp3) is 0.143. The van der Waals surface area contributed by atoms with Crippen LogP contribution < -0.4 is 0 Å². The summed E-state index contributed by atoms with van der Waals surface area (Å²) in [4.78, 5) is -0.333. The fourth-order valence-corrected chi connectivity index (χ4v) is 2.79. The molecule has 1 unspecified atom stereocenters. The first-order chi connectivity index (χ1) is 8.99. The molecule has 2 aromatic rings. The molecule has 100 valence electrons. The molecule has 0 spiro atoms. The van der Waals surface area contributed by atoms with Gasteiger partial charge in [-0.3, -0.25) is 0 Å². The first-order valence-electron chi connectivity index (χ1n) is 5.51. The average molecular weight is 366 g/mol. The standard InChI is InChI=1S/C14H9BrCl2F2/c15-10(9-2-1-3-13(18)14(9)19)6-8-4-5-11(16)12(17)7-8/h1-5,7,10H,6H2. The Morgan fingerprint density at radius 1 is 1.05 bits per heavy atom. The largest absolute Gasteiger partial charge is 0.204 e. The summed E-state index contributed by atoms with van der Waals surface area (Å²) in [6.45, 7) is 0. The third-order valence-electron chi connectivity index (χ3n) is 2.72. The molecule has 0 fully saturated rings. The van der Waals surface area contributed by atoms with E-state index < -0.39 is 11.6 Å². The lowest BCUT2D eigenvalue weighted by Crippen LogP contribution is -2.00. The molecule has 1 atom stereocenters. The van der Waals surface area contributed by atoms with Crippen molar-refractivity contribution in [3.8, 4) is 0 Å². The molecule has 0 aromatic heterocycles. The van der Waals surface area contributed by atoms with Crippen LogP contribution in [0, 0.1) is 11.6 Å². The summed E-state index contributed by atoms with van der Waals surface area (Å²) < 4.78 is 26.8. The maximum atomic E-state index is 13.6. The maximum absolute atomic E-state index is 13.6. The Morgan fingerprint density at radius 3 is 2.47 bits per heavy atom. The average Bonchev–Trinajstić information content (AvgIpc) is 2.37. The lowest BCUT2D eigenvalue weighted by atomic mass is 10.0. The third kappa shape index (κ3) is 3.47. The molecule has 2 aromatic carbocycles. The Morgan fingerprint density at radius 2 is 1.79 bits per heavy atom. The molecule has 0 amide bonds. The van der Waals surface area contributed by atoms with E-state index in [1.165, 1.54) is 6.07 Å². The molecule has 0 heterocycles. The Bertz CT molecular complexity index is 602. The summed E-state index contributed by atoms with van der Waals surface area (Å²) in [6.07, 6.45) is 0.483. The number of hydrogen-bond acceptors (Lipinski definition) is 0. The number of rotatable bonds is 3. The third-order valence-corrected chi connectivity index (χ3v) is 4.27. The SMILES string of the molecule is Fc1cccc(C(Br)Cc2ccc(Cl)c(Cl)c2)c1F. The van der Waals surface area contributed by atoms with Gasteiger partial charge in [-0.15, -0.1) is 0 Å². The second-order valence-electron chi connectivity index (χ2n) is 4.06. The second-order valence-corrected chi connectivity index (χ2v) is 5.98. The van der Waals surface area contributed by atoms with Crippen molar-refractivity contribution in [2.24, 2.45) is 0 Å². The molecular formula is C14H9BrCl2F2. The van der Waals surface area contributed by atoms with E-state index in [-0.39, 0.29) is 10.4 Å². The van der Waals surface area contributed by atoms with Gasteiger partial charge in [0.1, 0.15) is 0 Å². The van der Waals surface area contributed by atoms with Crippen molar-refractivity contribution < 1.29 is 8.78 Å². The molecule has 5 heteroatoms. The van der Waals surface area contributed by atoms with Gasteiger partial charge < -0.3 is 0 Å². The van der Waals surface area contributed by atoms with E-state index in [1.54, 1.807) is 24.3 Å². The van der Waals surface area contributed by atoms with Gasteiger partial charge >= 0.3 is 0 Å². The molecule has 0 aliphatic rings. The van der Waals surface area contributed by atoms with Crippen LogP contribution in [0.3, 0.4) is 0 Å². The van der Waals surface area contributed by atoms with Crippen LogP contribution in [0.15, 0.2) is 36.4 Å². The van der Waals surface area contributed by atoms with Gasteiger partial charge in [-0.1, -0.05) is 57.3 Å². The van der Waals surface area contributed by atoms with Crippen LogP contribution in [0.4, 0.5) is 8.78 Å². The highest BCUT2D eigenvalue weighted by atomic mass is 79.9. The van der Waals surface area contributed by atoms with Crippen LogP contribution in [0.1, 0.15) is 16.0 Å². The Hall–Kier alpha value is -0.640. The summed E-state index contributed by atoms with van der Waals surface area (Å²) in [5.74, 6) is -1.68. The minimum Gasteiger partial charge on any atom is -0.204 e. The van der Waals surface area contributed by atoms with Gasteiger partial charge in [-0.2, -0.15) is 0 Å². The lowest BCUT2D eigenvalue weighted by molar-refractivity contribution is 0.498. The van der Waals surface area contributed by atoms with E-state index in [2.05, 4.69) is 15.9 Å². The molecule has 0 saturated heterocycles. The molecule has 2 rings (SSSR count). The van der Waals surface area contributed by atoms with E-state index in [1.807, 2.05) is 0 Å². The predicted octanol–water partition coefficient (Wildman–Crippen LogP) is 5.95. The lowest BCUT2D eigenvalue weighted by Gasteiger charge is -2.12. The number of hydrogen-bond donors (Lipinski definition) is 0. The van der Waals surface area contributed by atoms with Gasteiger partial charge in [0.25, 0.3) is 0 Å². The van der Waals surface area contributed by atoms with E-state index in [9.17, 15) is 8.78 Å².